The van der Waals surface area contributed by atoms with Crippen molar-refractivity contribution >= 4 is 28.7 Å². The van der Waals surface area contributed by atoms with E-state index in [1.807, 2.05) is 97.4 Å². The second-order valence-corrected chi connectivity index (χ2v) is 8.17. The zero-order chi connectivity index (χ0) is 21.6. The summed E-state index contributed by atoms with van der Waals surface area (Å²) in [6.07, 6.45) is 0. The van der Waals surface area contributed by atoms with Crippen LogP contribution >= 0.6 is 11.8 Å². The lowest BCUT2D eigenvalue weighted by atomic mass is 10.1. The third-order valence-corrected chi connectivity index (χ3v) is 6.03. The molecule has 1 unspecified atom stereocenters. The maximum atomic E-state index is 12.9. The van der Waals surface area contributed by atoms with Gasteiger partial charge in [0.15, 0.2) is 0 Å². The molecular weight excluding hydrogens is 406 g/mol. The Morgan fingerprint density at radius 1 is 1.03 bits per heavy atom. The molecule has 0 saturated carbocycles. The first-order valence-corrected chi connectivity index (χ1v) is 11.3. The highest BCUT2D eigenvalue weighted by atomic mass is 32.2. The number of hydrogen-bond donors (Lipinski definition) is 1. The lowest BCUT2D eigenvalue weighted by Gasteiger charge is -2.19. The van der Waals surface area contributed by atoms with E-state index < -0.39 is 0 Å². The Labute approximate surface area is 186 Å². The van der Waals surface area contributed by atoms with E-state index >= 15 is 0 Å². The van der Waals surface area contributed by atoms with E-state index in [0.717, 1.165) is 33.1 Å². The Balaban J connectivity index is 1.52. The number of imidazole rings is 1. The van der Waals surface area contributed by atoms with E-state index in [0.29, 0.717) is 12.4 Å². The van der Waals surface area contributed by atoms with Crippen LogP contribution < -0.4 is 10.1 Å². The molecule has 1 amide bonds. The standard InChI is InChI=1S/C25H25N3O2S/c1-3-30-19-13-15-20(16-14-19)31-17-23(29)27-24(18-9-5-4-6-10-18)25-26-21-11-7-8-12-22(21)28(25)2/h4-16,24H,3,17H2,1-2H3,(H,27,29). The number of hydrogen-bond acceptors (Lipinski definition) is 4. The van der Waals surface area contributed by atoms with E-state index in [-0.39, 0.29) is 11.9 Å². The molecule has 4 aromatic rings. The van der Waals surface area contributed by atoms with Crippen molar-refractivity contribution < 1.29 is 9.53 Å². The Morgan fingerprint density at radius 3 is 2.45 bits per heavy atom. The summed E-state index contributed by atoms with van der Waals surface area (Å²) >= 11 is 1.50. The first-order chi connectivity index (χ1) is 15.2. The fourth-order valence-electron chi connectivity index (χ4n) is 3.52. The molecule has 1 N–H and O–H groups in total. The highest BCUT2D eigenvalue weighted by Crippen LogP contribution is 2.26. The summed E-state index contributed by atoms with van der Waals surface area (Å²) in [5.41, 5.74) is 2.95. The van der Waals surface area contributed by atoms with Gasteiger partial charge in [-0.25, -0.2) is 4.98 Å². The minimum atomic E-state index is -0.327. The number of fused-ring (bicyclic) bond motifs is 1. The number of nitrogens with one attached hydrogen (secondary N) is 1. The van der Waals surface area contributed by atoms with Gasteiger partial charge in [0.1, 0.15) is 17.6 Å². The normalized spacial score (nSPS) is 11.9. The first-order valence-electron chi connectivity index (χ1n) is 10.3. The van der Waals surface area contributed by atoms with Crippen molar-refractivity contribution in [1.29, 1.82) is 0 Å². The van der Waals surface area contributed by atoms with E-state index in [1.54, 1.807) is 0 Å². The molecule has 31 heavy (non-hydrogen) atoms. The van der Waals surface area contributed by atoms with Gasteiger partial charge < -0.3 is 14.6 Å². The fraction of sp³-hybridized carbons (Fsp3) is 0.200. The summed E-state index contributed by atoms with van der Waals surface area (Å²) in [6, 6.07) is 25.4. The quantitative estimate of drug-likeness (QED) is 0.400. The van der Waals surface area contributed by atoms with Gasteiger partial charge in [-0.05, 0) is 48.9 Å². The number of aryl methyl sites for hydroxylation is 1. The zero-order valence-corrected chi connectivity index (χ0v) is 18.4. The predicted molar refractivity (Wildman–Crippen MR) is 125 cm³/mol. The van der Waals surface area contributed by atoms with Crippen molar-refractivity contribution in [1.82, 2.24) is 14.9 Å². The molecule has 3 aromatic carbocycles. The lowest BCUT2D eigenvalue weighted by molar-refractivity contribution is -0.119. The highest BCUT2D eigenvalue weighted by molar-refractivity contribution is 8.00. The summed E-state index contributed by atoms with van der Waals surface area (Å²) in [7, 11) is 1.99. The summed E-state index contributed by atoms with van der Waals surface area (Å²) in [4.78, 5) is 18.7. The second kappa shape index (κ2) is 9.71. The molecule has 0 radical (unpaired) electrons. The summed E-state index contributed by atoms with van der Waals surface area (Å²) in [5.74, 6) is 1.93. The Kier molecular flexibility index (Phi) is 6.57. The van der Waals surface area contributed by atoms with Gasteiger partial charge in [0.2, 0.25) is 5.91 Å². The smallest absolute Gasteiger partial charge is 0.231 e. The van der Waals surface area contributed by atoms with Gasteiger partial charge in [0.25, 0.3) is 0 Å². The van der Waals surface area contributed by atoms with Crippen LogP contribution in [0.2, 0.25) is 0 Å². The molecule has 1 heterocycles. The van der Waals surface area contributed by atoms with Gasteiger partial charge in [-0.1, -0.05) is 42.5 Å². The number of rotatable bonds is 8. The van der Waals surface area contributed by atoms with Crippen molar-refractivity contribution in [2.75, 3.05) is 12.4 Å². The molecule has 158 valence electrons. The lowest BCUT2D eigenvalue weighted by Crippen LogP contribution is -2.32. The van der Waals surface area contributed by atoms with Crippen molar-refractivity contribution in [3.05, 3.63) is 90.3 Å². The van der Waals surface area contributed by atoms with E-state index in [4.69, 9.17) is 9.72 Å². The van der Waals surface area contributed by atoms with Gasteiger partial charge in [0, 0.05) is 11.9 Å². The topological polar surface area (TPSA) is 56.1 Å². The van der Waals surface area contributed by atoms with E-state index in [2.05, 4.69) is 5.32 Å². The molecule has 0 aliphatic rings. The van der Waals surface area contributed by atoms with Gasteiger partial charge in [-0.2, -0.15) is 0 Å². The van der Waals surface area contributed by atoms with Crippen molar-refractivity contribution in [2.24, 2.45) is 7.05 Å². The maximum Gasteiger partial charge on any atom is 0.231 e. The van der Waals surface area contributed by atoms with Crippen LogP contribution in [0.1, 0.15) is 24.4 Å². The third-order valence-electron chi connectivity index (χ3n) is 5.02. The predicted octanol–water partition coefficient (Wildman–Crippen LogP) is 4.97. The third kappa shape index (κ3) is 4.91. The van der Waals surface area contributed by atoms with Crippen LogP contribution in [0.3, 0.4) is 0 Å². The minimum absolute atomic E-state index is 0.0419. The molecule has 0 saturated heterocycles. The maximum absolute atomic E-state index is 12.9. The van der Waals surface area contributed by atoms with Gasteiger partial charge in [0.05, 0.1) is 23.4 Å². The first kappa shape index (κ1) is 21.0. The second-order valence-electron chi connectivity index (χ2n) is 7.12. The molecule has 5 nitrogen and oxygen atoms in total. The zero-order valence-electron chi connectivity index (χ0n) is 17.6. The van der Waals surface area contributed by atoms with E-state index in [9.17, 15) is 4.79 Å². The monoisotopic (exact) mass is 431 g/mol. The van der Waals surface area contributed by atoms with Crippen LogP contribution in [0.15, 0.2) is 83.8 Å². The molecule has 0 fully saturated rings. The molecule has 0 aliphatic heterocycles. The number of thioether (sulfide) groups is 1. The number of amides is 1. The molecular formula is C25H25N3O2S. The highest BCUT2D eigenvalue weighted by Gasteiger charge is 2.22. The minimum Gasteiger partial charge on any atom is -0.494 e. The number of ether oxygens (including phenoxy) is 1. The van der Waals surface area contributed by atoms with Gasteiger partial charge in [-0.15, -0.1) is 11.8 Å². The molecule has 4 rings (SSSR count). The summed E-state index contributed by atoms with van der Waals surface area (Å²) in [5, 5.41) is 3.19. The number of nitrogens with zero attached hydrogens (tertiary/aromatic N) is 2. The van der Waals surface area contributed by atoms with Gasteiger partial charge in [-0.3, -0.25) is 4.79 Å². The van der Waals surface area contributed by atoms with Crippen molar-refractivity contribution in [3.8, 4) is 5.75 Å². The van der Waals surface area contributed by atoms with Crippen LogP contribution in [0.25, 0.3) is 11.0 Å². The molecule has 0 spiro atoms. The summed E-state index contributed by atoms with van der Waals surface area (Å²) < 4.78 is 7.52. The Morgan fingerprint density at radius 2 is 1.74 bits per heavy atom. The SMILES string of the molecule is CCOc1ccc(SCC(=O)NC(c2ccccc2)c2nc3ccccc3n2C)cc1. The van der Waals surface area contributed by atoms with Gasteiger partial charge >= 0.3 is 0 Å². The molecule has 1 aromatic heterocycles. The fourth-order valence-corrected chi connectivity index (χ4v) is 4.22. The number of carbonyl (C=O) groups is 1. The van der Waals surface area contributed by atoms with Crippen molar-refractivity contribution in [3.63, 3.8) is 0 Å². The van der Waals surface area contributed by atoms with Crippen molar-refractivity contribution in [2.45, 2.75) is 17.9 Å². The van der Waals surface area contributed by atoms with Crippen LogP contribution in [0.5, 0.6) is 5.75 Å². The van der Waals surface area contributed by atoms with Crippen LogP contribution in [0, 0.1) is 0 Å². The Hall–Kier alpha value is -3.25. The number of aromatic nitrogens is 2. The average Bonchev–Trinajstić information content (AvgIpc) is 3.14. The Bertz CT molecular complexity index is 1160. The molecule has 1 atom stereocenters. The van der Waals surface area contributed by atoms with Crippen LogP contribution in [-0.4, -0.2) is 27.8 Å². The molecule has 0 aliphatic carbocycles. The average molecular weight is 432 g/mol. The number of para-hydroxylation sites is 2. The van der Waals surface area contributed by atoms with Crippen LogP contribution in [-0.2, 0) is 11.8 Å². The largest absolute Gasteiger partial charge is 0.494 e. The molecule has 6 heteroatoms. The van der Waals surface area contributed by atoms with E-state index in [1.165, 1.54) is 11.8 Å². The van der Waals surface area contributed by atoms with Crippen LogP contribution in [0.4, 0.5) is 0 Å². The number of carbonyl (C=O) groups excluding carboxylic acids is 1. The molecule has 0 bridgehead atoms. The number of benzene rings is 3. The summed E-state index contributed by atoms with van der Waals surface area (Å²) in [6.45, 7) is 2.60.